The van der Waals surface area contributed by atoms with Crippen LogP contribution in [0.5, 0.6) is 5.75 Å². The molecule has 2 unspecified atom stereocenters. The van der Waals surface area contributed by atoms with Crippen molar-refractivity contribution in [2.75, 3.05) is 13.0 Å². The van der Waals surface area contributed by atoms with Gasteiger partial charge < -0.3 is 10.1 Å². The van der Waals surface area contributed by atoms with Crippen LogP contribution in [0.1, 0.15) is 24.2 Å². The average Bonchev–Trinajstić information content (AvgIpc) is 2.45. The van der Waals surface area contributed by atoms with Crippen molar-refractivity contribution in [1.29, 1.82) is 0 Å². The second kappa shape index (κ2) is 7.09. The minimum absolute atomic E-state index is 0.0562. The highest BCUT2D eigenvalue weighted by atomic mass is 35.5. The van der Waals surface area contributed by atoms with E-state index in [1.165, 1.54) is 25.3 Å². The Morgan fingerprint density at radius 3 is 2.65 bits per heavy atom. The summed E-state index contributed by atoms with van der Waals surface area (Å²) in [5, 5.41) is 13.6. The minimum atomic E-state index is -0.557. The molecule has 0 heterocycles. The number of nitro benzene ring substituents is 1. The topological polar surface area (TPSA) is 81.5 Å². The molecule has 7 heteroatoms. The molecular formula is C13H17ClN2O4. The van der Waals surface area contributed by atoms with Gasteiger partial charge in [0, 0.05) is 29.6 Å². The third-order valence-corrected chi connectivity index (χ3v) is 3.58. The third kappa shape index (κ3) is 3.84. The van der Waals surface area contributed by atoms with Crippen LogP contribution in [0, 0.1) is 16.0 Å². The number of halogens is 1. The number of benzene rings is 1. The summed E-state index contributed by atoms with van der Waals surface area (Å²) < 4.78 is 4.93. The van der Waals surface area contributed by atoms with Crippen molar-refractivity contribution in [3.63, 3.8) is 0 Å². The number of alkyl halides is 1. The molecule has 0 aliphatic carbocycles. The number of nitro groups is 1. The number of amides is 1. The van der Waals surface area contributed by atoms with E-state index in [0.717, 1.165) is 0 Å². The van der Waals surface area contributed by atoms with Gasteiger partial charge in [-0.3, -0.25) is 14.9 Å². The van der Waals surface area contributed by atoms with E-state index in [0.29, 0.717) is 11.4 Å². The molecule has 0 bridgehead atoms. The van der Waals surface area contributed by atoms with Gasteiger partial charge in [-0.2, -0.15) is 0 Å². The predicted octanol–water partition coefficient (Wildman–Crippen LogP) is 2.60. The zero-order valence-corrected chi connectivity index (χ0v) is 12.3. The summed E-state index contributed by atoms with van der Waals surface area (Å²) in [4.78, 5) is 22.3. The van der Waals surface area contributed by atoms with Gasteiger partial charge in [-0.25, -0.2) is 0 Å². The molecule has 1 rings (SSSR count). The molecule has 1 aromatic carbocycles. The Morgan fingerprint density at radius 1 is 1.50 bits per heavy atom. The first-order chi connectivity index (χ1) is 9.40. The maximum atomic E-state index is 12.0. The van der Waals surface area contributed by atoms with Crippen molar-refractivity contribution in [2.24, 2.45) is 5.92 Å². The van der Waals surface area contributed by atoms with E-state index in [1.807, 2.05) is 13.8 Å². The van der Waals surface area contributed by atoms with Gasteiger partial charge in [-0.15, -0.1) is 11.6 Å². The quantitative estimate of drug-likeness (QED) is 0.497. The zero-order chi connectivity index (χ0) is 15.3. The fourth-order valence-electron chi connectivity index (χ4n) is 1.54. The van der Waals surface area contributed by atoms with Gasteiger partial charge in [0.15, 0.2) is 5.75 Å². The average molecular weight is 301 g/mol. The second-order valence-corrected chi connectivity index (χ2v) is 4.85. The van der Waals surface area contributed by atoms with Crippen LogP contribution in [-0.4, -0.2) is 29.9 Å². The number of carbonyl (C=O) groups is 1. The number of hydrogen-bond acceptors (Lipinski definition) is 4. The molecule has 0 fully saturated rings. The molecule has 0 saturated carbocycles. The molecule has 2 atom stereocenters. The summed E-state index contributed by atoms with van der Waals surface area (Å²) in [7, 11) is 1.32. The Hall–Kier alpha value is -1.82. The second-order valence-electron chi connectivity index (χ2n) is 4.54. The van der Waals surface area contributed by atoms with Crippen LogP contribution in [0.4, 0.5) is 5.69 Å². The molecule has 0 spiro atoms. The minimum Gasteiger partial charge on any atom is -0.490 e. The maximum Gasteiger partial charge on any atom is 0.310 e. The fourth-order valence-corrected chi connectivity index (χ4v) is 1.80. The van der Waals surface area contributed by atoms with Crippen molar-refractivity contribution in [2.45, 2.75) is 19.9 Å². The summed E-state index contributed by atoms with van der Waals surface area (Å²) in [6.45, 7) is 3.78. The number of hydrogen-bond donors (Lipinski definition) is 1. The van der Waals surface area contributed by atoms with Crippen molar-refractivity contribution in [3.05, 3.63) is 33.9 Å². The molecule has 6 nitrogen and oxygen atoms in total. The summed E-state index contributed by atoms with van der Waals surface area (Å²) >= 11 is 5.73. The normalized spacial score (nSPS) is 13.4. The Kier molecular flexibility index (Phi) is 5.76. The summed E-state index contributed by atoms with van der Waals surface area (Å²) in [5.74, 6) is 0.300. The van der Waals surface area contributed by atoms with Gasteiger partial charge >= 0.3 is 5.69 Å². The third-order valence-electron chi connectivity index (χ3n) is 3.09. The van der Waals surface area contributed by atoms with E-state index in [4.69, 9.17) is 16.3 Å². The van der Waals surface area contributed by atoms with E-state index in [2.05, 4.69) is 5.32 Å². The highest BCUT2D eigenvalue weighted by molar-refractivity contribution is 6.18. The van der Waals surface area contributed by atoms with Crippen LogP contribution in [0.2, 0.25) is 0 Å². The Labute approximate surface area is 122 Å². The zero-order valence-electron chi connectivity index (χ0n) is 11.6. The predicted molar refractivity (Wildman–Crippen MR) is 76.5 cm³/mol. The van der Waals surface area contributed by atoms with Crippen LogP contribution in [-0.2, 0) is 0 Å². The standard InChI is InChI=1S/C13H17ClN2O4/c1-8(7-14)9(2)15-13(17)10-4-5-11(16(18)19)12(6-10)20-3/h4-6,8-9H,7H2,1-3H3,(H,15,17). The molecule has 0 aliphatic rings. The molecule has 110 valence electrons. The van der Waals surface area contributed by atoms with Crippen LogP contribution in [0.3, 0.4) is 0 Å². The van der Waals surface area contributed by atoms with Crippen molar-refractivity contribution in [1.82, 2.24) is 5.32 Å². The highest BCUT2D eigenvalue weighted by Crippen LogP contribution is 2.27. The molecule has 1 amide bonds. The van der Waals surface area contributed by atoms with Crippen LogP contribution in [0.25, 0.3) is 0 Å². The van der Waals surface area contributed by atoms with Gasteiger partial charge in [0.25, 0.3) is 5.91 Å². The number of carbonyl (C=O) groups excluding carboxylic acids is 1. The van der Waals surface area contributed by atoms with Crippen molar-refractivity contribution >= 4 is 23.2 Å². The largest absolute Gasteiger partial charge is 0.490 e. The van der Waals surface area contributed by atoms with Gasteiger partial charge in [0.1, 0.15) is 0 Å². The monoisotopic (exact) mass is 300 g/mol. The highest BCUT2D eigenvalue weighted by Gasteiger charge is 2.19. The van der Waals surface area contributed by atoms with Gasteiger partial charge in [-0.05, 0) is 18.9 Å². The summed E-state index contributed by atoms with van der Waals surface area (Å²) in [6.07, 6.45) is 0. The fraction of sp³-hybridized carbons (Fsp3) is 0.462. The van der Waals surface area contributed by atoms with E-state index in [9.17, 15) is 14.9 Å². The lowest BCUT2D eigenvalue weighted by Gasteiger charge is -2.19. The van der Waals surface area contributed by atoms with E-state index in [1.54, 1.807) is 0 Å². The SMILES string of the molecule is COc1cc(C(=O)NC(C)C(C)CCl)ccc1[N+](=O)[O-]. The number of methoxy groups -OCH3 is 1. The van der Waals surface area contributed by atoms with Crippen LogP contribution in [0.15, 0.2) is 18.2 Å². The Bertz CT molecular complexity index is 507. The number of ether oxygens (including phenoxy) is 1. The van der Waals surface area contributed by atoms with E-state index in [-0.39, 0.29) is 29.3 Å². The molecule has 1 aromatic rings. The number of nitrogens with zero attached hydrogens (tertiary/aromatic N) is 1. The molecule has 0 saturated heterocycles. The first-order valence-corrected chi connectivity index (χ1v) is 6.63. The molecular weight excluding hydrogens is 284 g/mol. The van der Waals surface area contributed by atoms with Gasteiger partial charge in [0.2, 0.25) is 0 Å². The van der Waals surface area contributed by atoms with E-state index >= 15 is 0 Å². The molecule has 1 N–H and O–H groups in total. The van der Waals surface area contributed by atoms with Crippen LogP contribution < -0.4 is 10.1 Å². The van der Waals surface area contributed by atoms with Gasteiger partial charge in [-0.1, -0.05) is 6.92 Å². The molecule has 0 radical (unpaired) electrons. The van der Waals surface area contributed by atoms with Crippen molar-refractivity contribution in [3.8, 4) is 5.75 Å². The van der Waals surface area contributed by atoms with Crippen molar-refractivity contribution < 1.29 is 14.5 Å². The van der Waals surface area contributed by atoms with E-state index < -0.39 is 4.92 Å². The summed E-state index contributed by atoms with van der Waals surface area (Å²) in [6, 6.07) is 3.91. The first kappa shape index (κ1) is 16.2. The Balaban J connectivity index is 2.92. The van der Waals surface area contributed by atoms with Gasteiger partial charge in [0.05, 0.1) is 12.0 Å². The lowest BCUT2D eigenvalue weighted by atomic mass is 10.1. The number of nitrogens with one attached hydrogen (secondary N) is 1. The maximum absolute atomic E-state index is 12.0. The molecule has 0 aromatic heterocycles. The lowest BCUT2D eigenvalue weighted by molar-refractivity contribution is -0.385. The number of rotatable bonds is 6. The molecule has 20 heavy (non-hydrogen) atoms. The first-order valence-electron chi connectivity index (χ1n) is 6.10. The molecule has 0 aliphatic heterocycles. The smallest absolute Gasteiger partial charge is 0.310 e. The Morgan fingerprint density at radius 2 is 2.15 bits per heavy atom. The summed E-state index contributed by atoms with van der Waals surface area (Å²) in [5.41, 5.74) is 0.132. The lowest BCUT2D eigenvalue weighted by Crippen LogP contribution is -2.37. The van der Waals surface area contributed by atoms with Crippen LogP contribution >= 0.6 is 11.6 Å².